The maximum absolute atomic E-state index is 5.80. The molecule has 0 heterocycles. The zero-order chi connectivity index (χ0) is 9.26. The first-order valence-electron chi connectivity index (χ1n) is 4.96. The molecule has 0 spiro atoms. The summed E-state index contributed by atoms with van der Waals surface area (Å²) in [6.45, 7) is 2.32. The Morgan fingerprint density at radius 1 is 1.46 bits per heavy atom. The van der Waals surface area contributed by atoms with Crippen molar-refractivity contribution in [2.24, 2.45) is 5.92 Å². The molecule has 1 saturated carbocycles. The van der Waals surface area contributed by atoms with E-state index in [1.807, 2.05) is 0 Å². The van der Waals surface area contributed by atoms with Crippen molar-refractivity contribution in [2.75, 3.05) is 0 Å². The van der Waals surface area contributed by atoms with Crippen LogP contribution in [-0.4, -0.2) is 0 Å². The number of halogens is 1. The summed E-state index contributed by atoms with van der Waals surface area (Å²) in [4.78, 5) is 0. The van der Waals surface area contributed by atoms with Gasteiger partial charge in [0.05, 0.1) is 0 Å². The van der Waals surface area contributed by atoms with E-state index in [0.29, 0.717) is 5.88 Å². The van der Waals surface area contributed by atoms with E-state index in [0.717, 1.165) is 11.8 Å². The van der Waals surface area contributed by atoms with E-state index >= 15 is 0 Å². The van der Waals surface area contributed by atoms with Gasteiger partial charge in [-0.2, -0.15) is 0 Å². The topological polar surface area (TPSA) is 0 Å². The van der Waals surface area contributed by atoms with E-state index in [2.05, 4.69) is 31.2 Å². The van der Waals surface area contributed by atoms with Crippen LogP contribution in [-0.2, 0) is 5.88 Å². The Kier molecular flexibility index (Phi) is 2.59. The van der Waals surface area contributed by atoms with Crippen LogP contribution in [0.5, 0.6) is 0 Å². The Morgan fingerprint density at radius 3 is 2.85 bits per heavy atom. The first kappa shape index (κ1) is 9.08. The van der Waals surface area contributed by atoms with Gasteiger partial charge in [0.2, 0.25) is 0 Å². The predicted octanol–water partition coefficient (Wildman–Crippen LogP) is 3.94. The Bertz CT molecular complexity index is 289. The van der Waals surface area contributed by atoms with Crippen molar-refractivity contribution in [1.29, 1.82) is 0 Å². The molecular weight excluding hydrogens is 180 g/mol. The molecule has 1 aliphatic carbocycles. The molecule has 0 N–H and O–H groups in total. The van der Waals surface area contributed by atoms with Gasteiger partial charge in [-0.05, 0) is 35.8 Å². The quantitative estimate of drug-likeness (QED) is 0.640. The molecule has 1 aliphatic rings. The molecule has 1 heteroatoms. The number of rotatable bonds is 3. The minimum Gasteiger partial charge on any atom is -0.122 e. The monoisotopic (exact) mass is 194 g/mol. The van der Waals surface area contributed by atoms with Crippen molar-refractivity contribution in [1.82, 2.24) is 0 Å². The zero-order valence-corrected chi connectivity index (χ0v) is 8.72. The van der Waals surface area contributed by atoms with E-state index in [-0.39, 0.29) is 0 Å². The first-order valence-corrected chi connectivity index (χ1v) is 5.49. The smallest absolute Gasteiger partial charge is 0.0474 e. The maximum atomic E-state index is 5.80. The van der Waals surface area contributed by atoms with Gasteiger partial charge in [0.25, 0.3) is 0 Å². The molecule has 1 aromatic rings. The molecule has 0 aromatic heterocycles. The molecule has 1 fully saturated rings. The fraction of sp³-hybridized carbons (Fsp3) is 0.500. The van der Waals surface area contributed by atoms with Gasteiger partial charge < -0.3 is 0 Å². The minimum atomic E-state index is 0.630. The molecule has 13 heavy (non-hydrogen) atoms. The van der Waals surface area contributed by atoms with Crippen molar-refractivity contribution in [3.8, 4) is 0 Å². The number of alkyl halides is 1. The summed E-state index contributed by atoms with van der Waals surface area (Å²) in [6, 6.07) is 8.68. The molecule has 0 amide bonds. The molecule has 0 bridgehead atoms. The van der Waals surface area contributed by atoms with Gasteiger partial charge >= 0.3 is 0 Å². The van der Waals surface area contributed by atoms with Gasteiger partial charge in [0.1, 0.15) is 0 Å². The van der Waals surface area contributed by atoms with Crippen LogP contribution >= 0.6 is 11.6 Å². The van der Waals surface area contributed by atoms with Crippen LogP contribution in [0.1, 0.15) is 36.8 Å². The van der Waals surface area contributed by atoms with Crippen LogP contribution in [0.2, 0.25) is 0 Å². The third-order valence-corrected chi connectivity index (χ3v) is 3.27. The summed E-state index contributed by atoms with van der Waals surface area (Å²) in [5.74, 6) is 2.29. The van der Waals surface area contributed by atoms with Crippen LogP contribution in [0.15, 0.2) is 24.3 Å². The first-order chi connectivity index (χ1) is 6.31. The number of benzene rings is 1. The van der Waals surface area contributed by atoms with Gasteiger partial charge in [-0.3, -0.25) is 0 Å². The van der Waals surface area contributed by atoms with Crippen molar-refractivity contribution in [2.45, 2.75) is 31.6 Å². The van der Waals surface area contributed by atoms with Gasteiger partial charge in [0.15, 0.2) is 0 Å². The van der Waals surface area contributed by atoms with Crippen molar-refractivity contribution >= 4 is 11.6 Å². The summed E-state index contributed by atoms with van der Waals surface area (Å²) < 4.78 is 0. The fourth-order valence-corrected chi connectivity index (χ4v) is 1.99. The lowest BCUT2D eigenvalue weighted by molar-refractivity contribution is 0.663. The second-order valence-corrected chi connectivity index (χ2v) is 4.27. The molecule has 0 radical (unpaired) electrons. The average Bonchev–Trinajstić information content (AvgIpc) is 3.00. The van der Waals surface area contributed by atoms with E-state index in [4.69, 9.17) is 11.6 Å². The van der Waals surface area contributed by atoms with Crippen LogP contribution in [0.25, 0.3) is 0 Å². The second-order valence-electron chi connectivity index (χ2n) is 4.00. The average molecular weight is 195 g/mol. The maximum Gasteiger partial charge on any atom is 0.0474 e. The van der Waals surface area contributed by atoms with Crippen LogP contribution in [0, 0.1) is 5.92 Å². The summed E-state index contributed by atoms with van der Waals surface area (Å²) in [5, 5.41) is 0. The van der Waals surface area contributed by atoms with Crippen LogP contribution < -0.4 is 0 Å². The van der Waals surface area contributed by atoms with Gasteiger partial charge in [-0.15, -0.1) is 11.6 Å². The normalized spacial score (nSPS) is 18.6. The van der Waals surface area contributed by atoms with Crippen LogP contribution in [0.4, 0.5) is 0 Å². The van der Waals surface area contributed by atoms with Gasteiger partial charge in [0, 0.05) is 5.88 Å². The molecule has 70 valence electrons. The highest BCUT2D eigenvalue weighted by atomic mass is 35.5. The van der Waals surface area contributed by atoms with Gasteiger partial charge in [-0.1, -0.05) is 31.2 Å². The summed E-state index contributed by atoms with van der Waals surface area (Å²) in [6.07, 6.45) is 2.82. The van der Waals surface area contributed by atoms with E-state index in [9.17, 15) is 0 Å². The Morgan fingerprint density at radius 2 is 2.23 bits per heavy atom. The van der Waals surface area contributed by atoms with E-state index in [1.54, 1.807) is 0 Å². The lowest BCUT2D eigenvalue weighted by atomic mass is 9.95. The summed E-state index contributed by atoms with van der Waals surface area (Å²) in [7, 11) is 0. The number of hydrogen-bond acceptors (Lipinski definition) is 0. The molecular formula is C12H15Cl. The van der Waals surface area contributed by atoms with Crippen molar-refractivity contribution in [3.63, 3.8) is 0 Å². The molecule has 1 atom stereocenters. The molecule has 0 aliphatic heterocycles. The third kappa shape index (κ3) is 2.05. The fourth-order valence-electron chi connectivity index (χ4n) is 1.83. The summed E-state index contributed by atoms with van der Waals surface area (Å²) >= 11 is 5.80. The highest BCUT2D eigenvalue weighted by Gasteiger charge is 2.28. The molecule has 0 nitrogen and oxygen atoms in total. The molecule has 2 rings (SSSR count). The molecule has 1 aromatic carbocycles. The Balaban J connectivity index is 2.18. The lowest BCUT2D eigenvalue weighted by Gasteiger charge is -2.10. The van der Waals surface area contributed by atoms with Crippen LogP contribution in [0.3, 0.4) is 0 Å². The second kappa shape index (κ2) is 3.71. The van der Waals surface area contributed by atoms with E-state index in [1.165, 1.54) is 24.0 Å². The zero-order valence-electron chi connectivity index (χ0n) is 7.96. The Hall–Kier alpha value is -0.490. The van der Waals surface area contributed by atoms with E-state index < -0.39 is 0 Å². The standard InChI is InChI=1S/C12H15Cl/c1-9(11-5-6-11)12-4-2-3-10(7-12)8-13/h2-4,7,9,11H,5-6,8H2,1H3. The SMILES string of the molecule is CC(c1cccc(CCl)c1)C1CC1. The third-order valence-electron chi connectivity index (χ3n) is 2.96. The number of hydrogen-bond donors (Lipinski definition) is 0. The largest absolute Gasteiger partial charge is 0.122 e. The Labute approximate surface area is 84.9 Å². The molecule has 0 saturated heterocycles. The molecule has 1 unspecified atom stereocenters. The van der Waals surface area contributed by atoms with Crippen molar-refractivity contribution in [3.05, 3.63) is 35.4 Å². The van der Waals surface area contributed by atoms with Crippen molar-refractivity contribution < 1.29 is 0 Å². The lowest BCUT2D eigenvalue weighted by Crippen LogP contribution is -1.95. The highest BCUT2D eigenvalue weighted by Crippen LogP contribution is 2.42. The summed E-state index contributed by atoms with van der Waals surface area (Å²) in [5.41, 5.74) is 2.70. The van der Waals surface area contributed by atoms with Gasteiger partial charge in [-0.25, -0.2) is 0 Å². The predicted molar refractivity (Wildman–Crippen MR) is 57.1 cm³/mol. The minimum absolute atomic E-state index is 0.630. The highest BCUT2D eigenvalue weighted by molar-refractivity contribution is 6.17.